The van der Waals surface area contributed by atoms with Crippen LogP contribution in [-0.4, -0.2) is 56.9 Å². The van der Waals surface area contributed by atoms with Gasteiger partial charge in [-0.25, -0.2) is 31.3 Å². The van der Waals surface area contributed by atoms with E-state index in [2.05, 4.69) is 10.3 Å². The molecule has 1 fully saturated rings. The second kappa shape index (κ2) is 10.1. The number of piperidine rings is 1. The molecular weight excluding hydrogens is 470 g/mol. The zero-order chi connectivity index (χ0) is 25.2. The lowest BCUT2D eigenvalue weighted by Gasteiger charge is -2.41. The quantitative estimate of drug-likeness (QED) is 0.581. The van der Waals surface area contributed by atoms with Gasteiger partial charge in [-0.15, -0.1) is 0 Å². The van der Waals surface area contributed by atoms with Crippen molar-refractivity contribution in [2.75, 3.05) is 18.4 Å². The van der Waals surface area contributed by atoms with Gasteiger partial charge in [-0.1, -0.05) is 0 Å². The lowest BCUT2D eigenvalue weighted by atomic mass is 9.86. The van der Waals surface area contributed by atoms with Gasteiger partial charge in [0.15, 0.2) is 0 Å². The highest BCUT2D eigenvalue weighted by Gasteiger charge is 2.47. The molecule has 0 aliphatic carbocycles. The molecule has 1 aliphatic rings. The molecule has 1 aliphatic heterocycles. The SMILES string of the molecule is C[C@@H](C(=O)Nc1ccc(F)cn1)N1CCC(F)(F)C(c2cc(CO)c(=O)n(C(F)C(F)F)c2)C1. The van der Waals surface area contributed by atoms with E-state index in [1.54, 1.807) is 0 Å². The van der Waals surface area contributed by atoms with Crippen molar-refractivity contribution in [3.63, 3.8) is 0 Å². The summed E-state index contributed by atoms with van der Waals surface area (Å²) in [4.78, 5) is 29.8. The second-order valence-electron chi connectivity index (χ2n) is 7.96. The molecule has 3 heterocycles. The molecule has 0 bridgehead atoms. The van der Waals surface area contributed by atoms with Crippen LogP contribution in [0.2, 0.25) is 0 Å². The van der Waals surface area contributed by atoms with Gasteiger partial charge in [-0.05, 0) is 30.7 Å². The first-order valence-corrected chi connectivity index (χ1v) is 10.3. The molecule has 7 nitrogen and oxygen atoms in total. The van der Waals surface area contributed by atoms with E-state index in [0.717, 1.165) is 18.3 Å². The van der Waals surface area contributed by atoms with Crippen LogP contribution >= 0.6 is 0 Å². The number of aliphatic hydroxyl groups is 1. The molecular formula is C21H22F6N4O3. The number of nitrogens with zero attached hydrogens (tertiary/aromatic N) is 3. The highest BCUT2D eigenvalue weighted by atomic mass is 19.3. The van der Waals surface area contributed by atoms with Gasteiger partial charge < -0.3 is 10.4 Å². The summed E-state index contributed by atoms with van der Waals surface area (Å²) >= 11 is 0. The monoisotopic (exact) mass is 492 g/mol. The minimum absolute atomic E-state index is 0.00306. The van der Waals surface area contributed by atoms with Crippen molar-refractivity contribution in [3.8, 4) is 0 Å². The normalized spacial score (nSPS) is 20.2. The molecule has 34 heavy (non-hydrogen) atoms. The Morgan fingerprint density at radius 1 is 1.32 bits per heavy atom. The topological polar surface area (TPSA) is 87.5 Å². The number of pyridine rings is 2. The van der Waals surface area contributed by atoms with Crippen LogP contribution in [0.4, 0.5) is 32.2 Å². The van der Waals surface area contributed by atoms with Crippen molar-refractivity contribution in [1.29, 1.82) is 0 Å². The molecule has 1 saturated heterocycles. The molecule has 186 valence electrons. The number of halogens is 6. The van der Waals surface area contributed by atoms with Crippen LogP contribution in [-0.2, 0) is 11.4 Å². The number of amides is 1. The fourth-order valence-corrected chi connectivity index (χ4v) is 3.77. The summed E-state index contributed by atoms with van der Waals surface area (Å²) in [5, 5.41) is 11.8. The molecule has 3 atom stereocenters. The smallest absolute Gasteiger partial charge is 0.288 e. The number of carbonyl (C=O) groups excluding carboxylic acids is 1. The number of carbonyl (C=O) groups is 1. The first kappa shape index (κ1) is 25.7. The Balaban J connectivity index is 1.88. The molecule has 2 N–H and O–H groups in total. The van der Waals surface area contributed by atoms with Crippen LogP contribution in [0.3, 0.4) is 0 Å². The molecule has 0 aromatic carbocycles. The number of likely N-dealkylation sites (tertiary alicyclic amines) is 1. The molecule has 2 unspecified atom stereocenters. The van der Waals surface area contributed by atoms with E-state index in [9.17, 15) is 41.0 Å². The predicted molar refractivity (Wildman–Crippen MR) is 109 cm³/mol. The van der Waals surface area contributed by atoms with E-state index < -0.39 is 73.0 Å². The van der Waals surface area contributed by atoms with Gasteiger partial charge in [0, 0.05) is 31.3 Å². The van der Waals surface area contributed by atoms with E-state index in [4.69, 9.17) is 0 Å². The summed E-state index contributed by atoms with van der Waals surface area (Å²) in [5.74, 6) is -6.21. The molecule has 0 saturated carbocycles. The van der Waals surface area contributed by atoms with Crippen molar-refractivity contribution < 1.29 is 36.2 Å². The number of rotatable bonds is 7. The summed E-state index contributed by atoms with van der Waals surface area (Å²) < 4.78 is 82.4. The van der Waals surface area contributed by atoms with Gasteiger partial charge in [-0.3, -0.25) is 19.1 Å². The van der Waals surface area contributed by atoms with Gasteiger partial charge >= 0.3 is 0 Å². The Morgan fingerprint density at radius 2 is 2.03 bits per heavy atom. The van der Waals surface area contributed by atoms with Crippen LogP contribution in [0.15, 0.2) is 35.4 Å². The third-order valence-electron chi connectivity index (χ3n) is 5.75. The van der Waals surface area contributed by atoms with E-state index in [1.807, 2.05) is 0 Å². The van der Waals surface area contributed by atoms with Gasteiger partial charge in [0.1, 0.15) is 11.6 Å². The van der Waals surface area contributed by atoms with Crippen molar-refractivity contribution >= 4 is 11.7 Å². The zero-order valence-corrected chi connectivity index (χ0v) is 17.9. The maximum absolute atomic E-state index is 14.8. The van der Waals surface area contributed by atoms with Crippen molar-refractivity contribution in [3.05, 3.63) is 57.9 Å². The summed E-state index contributed by atoms with van der Waals surface area (Å²) in [6.45, 7) is -0.126. The van der Waals surface area contributed by atoms with Crippen LogP contribution in [0, 0.1) is 5.82 Å². The Bertz CT molecular complexity index is 1080. The Hall–Kier alpha value is -2.93. The molecule has 0 radical (unpaired) electrons. The third-order valence-corrected chi connectivity index (χ3v) is 5.75. The molecule has 3 rings (SSSR count). The highest BCUT2D eigenvalue weighted by Crippen LogP contribution is 2.41. The Labute approximate surface area is 190 Å². The van der Waals surface area contributed by atoms with Gasteiger partial charge in [0.25, 0.3) is 17.9 Å². The molecule has 0 spiro atoms. The standard InChI is InChI=1S/C21H22F6N4O3/c1-11(19(33)29-16-3-2-14(22)7-28-16)30-5-4-21(26,27)15(9-30)12-6-13(10-32)20(34)31(8-12)18(25)17(23)24/h2-3,6-8,11,15,17-18,32H,4-5,9-10H2,1H3,(H,28,29,33)/t11-,15?,18?/m0/s1. The number of aliphatic hydroxyl groups excluding tert-OH is 1. The molecule has 2 aromatic heterocycles. The van der Waals surface area contributed by atoms with Crippen LogP contribution in [0.5, 0.6) is 0 Å². The average Bonchev–Trinajstić information content (AvgIpc) is 2.79. The third kappa shape index (κ3) is 5.41. The number of nitrogens with one attached hydrogen (secondary N) is 1. The number of anilines is 1. The second-order valence-corrected chi connectivity index (χ2v) is 7.96. The fourth-order valence-electron chi connectivity index (χ4n) is 3.77. The van der Waals surface area contributed by atoms with Crippen molar-refractivity contribution in [2.24, 2.45) is 0 Å². The first-order chi connectivity index (χ1) is 15.9. The zero-order valence-electron chi connectivity index (χ0n) is 17.9. The molecule has 13 heteroatoms. The van der Waals surface area contributed by atoms with E-state index >= 15 is 0 Å². The molecule has 2 aromatic rings. The van der Waals surface area contributed by atoms with Crippen LogP contribution < -0.4 is 10.9 Å². The van der Waals surface area contributed by atoms with Gasteiger partial charge in [0.05, 0.1) is 24.8 Å². The first-order valence-electron chi connectivity index (χ1n) is 10.3. The maximum atomic E-state index is 14.8. The number of hydrogen-bond acceptors (Lipinski definition) is 5. The number of aromatic nitrogens is 2. The summed E-state index contributed by atoms with van der Waals surface area (Å²) in [7, 11) is 0. The Morgan fingerprint density at radius 3 is 2.62 bits per heavy atom. The lowest BCUT2D eigenvalue weighted by Crippen LogP contribution is -2.52. The highest BCUT2D eigenvalue weighted by molar-refractivity contribution is 5.93. The van der Waals surface area contributed by atoms with Crippen LogP contribution in [0.1, 0.15) is 36.7 Å². The average molecular weight is 492 g/mol. The molecule has 1 amide bonds. The van der Waals surface area contributed by atoms with E-state index in [-0.39, 0.29) is 22.5 Å². The van der Waals surface area contributed by atoms with Crippen LogP contribution in [0.25, 0.3) is 0 Å². The minimum Gasteiger partial charge on any atom is -0.391 e. The van der Waals surface area contributed by atoms with Gasteiger partial charge in [0.2, 0.25) is 12.2 Å². The predicted octanol–water partition coefficient (Wildman–Crippen LogP) is 3.06. The largest absolute Gasteiger partial charge is 0.391 e. The maximum Gasteiger partial charge on any atom is 0.288 e. The minimum atomic E-state index is -3.59. The van der Waals surface area contributed by atoms with Crippen molar-refractivity contribution in [2.45, 2.75) is 50.6 Å². The summed E-state index contributed by atoms with van der Waals surface area (Å²) in [5.41, 5.74) is -2.09. The fraction of sp³-hybridized carbons (Fsp3) is 0.476. The van der Waals surface area contributed by atoms with Gasteiger partial charge in [-0.2, -0.15) is 0 Å². The lowest BCUT2D eigenvalue weighted by molar-refractivity contribution is -0.125. The Kier molecular flexibility index (Phi) is 7.66. The van der Waals surface area contributed by atoms with Crippen molar-refractivity contribution in [1.82, 2.24) is 14.5 Å². The number of alkyl halides is 5. The number of hydrogen-bond donors (Lipinski definition) is 2. The van der Waals surface area contributed by atoms with E-state index in [1.165, 1.54) is 17.9 Å². The van der Waals surface area contributed by atoms with E-state index in [0.29, 0.717) is 6.20 Å². The summed E-state index contributed by atoms with van der Waals surface area (Å²) in [6.07, 6.45) is -5.88. The summed E-state index contributed by atoms with van der Waals surface area (Å²) in [6, 6.07) is 2.30.